The van der Waals surface area contributed by atoms with Crippen molar-refractivity contribution in [1.29, 1.82) is 0 Å². The molecule has 0 unspecified atom stereocenters. The molecule has 1 aliphatic heterocycles. The molecule has 3 amide bonds. The predicted molar refractivity (Wildman–Crippen MR) is 133 cm³/mol. The molecule has 5 N–H and O–H groups in total. The van der Waals surface area contributed by atoms with Crippen molar-refractivity contribution in [3.63, 3.8) is 0 Å². The molecule has 14 nitrogen and oxygen atoms in total. The molecule has 0 atom stereocenters. The lowest BCUT2D eigenvalue weighted by Gasteiger charge is -2.18. The van der Waals surface area contributed by atoms with E-state index in [1.165, 1.54) is 6.33 Å². The topological polar surface area (TPSA) is 193 Å². The van der Waals surface area contributed by atoms with Gasteiger partial charge in [-0.15, -0.1) is 10.2 Å². The van der Waals surface area contributed by atoms with Crippen LogP contribution in [0.4, 0.5) is 11.4 Å². The van der Waals surface area contributed by atoms with Crippen molar-refractivity contribution in [2.24, 2.45) is 0 Å². The first-order chi connectivity index (χ1) is 18.5. The lowest BCUT2D eigenvalue weighted by Crippen LogP contribution is -2.26. The molecule has 5 aromatic rings. The van der Waals surface area contributed by atoms with Crippen LogP contribution in [0.1, 0.15) is 26.4 Å². The Balaban J connectivity index is 1.15. The van der Waals surface area contributed by atoms with Crippen LogP contribution in [0.2, 0.25) is 0 Å². The maximum Gasteiger partial charge on any atom is 0.272 e. The summed E-state index contributed by atoms with van der Waals surface area (Å²) in [6, 6.07) is 12.0. The number of hydrogen-bond acceptors (Lipinski definition) is 9. The highest BCUT2D eigenvalue weighted by Crippen LogP contribution is 2.28. The van der Waals surface area contributed by atoms with Crippen molar-refractivity contribution in [3.05, 3.63) is 71.8 Å². The van der Waals surface area contributed by atoms with Crippen molar-refractivity contribution in [2.45, 2.75) is 6.54 Å². The van der Waals surface area contributed by atoms with Crippen LogP contribution in [-0.2, 0) is 11.3 Å². The van der Waals surface area contributed by atoms with Gasteiger partial charge in [-0.3, -0.25) is 14.4 Å². The molecule has 14 heteroatoms. The van der Waals surface area contributed by atoms with E-state index in [9.17, 15) is 14.4 Å². The van der Waals surface area contributed by atoms with Crippen LogP contribution in [0.3, 0.4) is 0 Å². The number of tetrazole rings is 1. The predicted octanol–water partition coefficient (Wildman–Crippen LogP) is 1.65. The van der Waals surface area contributed by atoms with Crippen LogP contribution in [0.15, 0.2) is 55.0 Å². The van der Waals surface area contributed by atoms with E-state index in [0.717, 1.165) is 5.56 Å². The number of anilines is 2. The Morgan fingerprint density at radius 1 is 1.05 bits per heavy atom. The molecule has 0 fully saturated rings. The zero-order valence-corrected chi connectivity index (χ0v) is 19.5. The maximum atomic E-state index is 12.9. The summed E-state index contributed by atoms with van der Waals surface area (Å²) >= 11 is 0. The van der Waals surface area contributed by atoms with Gasteiger partial charge in [0, 0.05) is 23.9 Å². The van der Waals surface area contributed by atoms with E-state index in [1.54, 1.807) is 48.7 Å². The summed E-state index contributed by atoms with van der Waals surface area (Å²) in [6.07, 6.45) is 2.81. The number of aromatic amines is 2. The quantitative estimate of drug-likeness (QED) is 0.226. The molecule has 2 aromatic carbocycles. The maximum absolute atomic E-state index is 12.9. The molecular weight excluding hydrogens is 492 g/mol. The summed E-state index contributed by atoms with van der Waals surface area (Å²) < 4.78 is 5.35. The molecule has 6 rings (SSSR count). The Bertz CT molecular complexity index is 1680. The zero-order chi connectivity index (χ0) is 26.1. The third-order valence-electron chi connectivity index (χ3n) is 5.81. The molecule has 0 saturated heterocycles. The van der Waals surface area contributed by atoms with Crippen LogP contribution in [-0.4, -0.2) is 59.9 Å². The SMILES string of the molecule is O=C1COc2ccc(CNC(=O)c3ncnc4c(NC(=O)c5ccc(-c6nn[nH]n6)cc5)c[nH]c34)cc2N1. The summed E-state index contributed by atoms with van der Waals surface area (Å²) in [4.78, 5) is 48.6. The number of nitrogens with zero attached hydrogens (tertiary/aromatic N) is 5. The summed E-state index contributed by atoms with van der Waals surface area (Å²) in [5.41, 5.74) is 3.70. The minimum Gasteiger partial charge on any atom is -0.482 e. The first kappa shape index (κ1) is 22.8. The molecule has 0 spiro atoms. The number of aromatic nitrogens is 7. The number of amides is 3. The van der Waals surface area contributed by atoms with E-state index >= 15 is 0 Å². The van der Waals surface area contributed by atoms with Crippen LogP contribution in [0.5, 0.6) is 5.75 Å². The Hall–Kier alpha value is -5.66. The molecule has 3 aromatic heterocycles. The first-order valence-corrected chi connectivity index (χ1v) is 11.4. The normalized spacial score (nSPS) is 12.4. The van der Waals surface area contributed by atoms with E-state index in [0.29, 0.717) is 45.1 Å². The number of hydrogen-bond donors (Lipinski definition) is 5. The Kier molecular flexibility index (Phi) is 5.65. The number of fused-ring (bicyclic) bond motifs is 2. The Morgan fingerprint density at radius 3 is 2.74 bits per heavy atom. The van der Waals surface area contributed by atoms with Gasteiger partial charge >= 0.3 is 0 Å². The van der Waals surface area contributed by atoms with Crippen molar-refractivity contribution in [3.8, 4) is 17.1 Å². The minimum absolute atomic E-state index is 0.0286. The van der Waals surface area contributed by atoms with E-state index in [1.807, 2.05) is 0 Å². The summed E-state index contributed by atoms with van der Waals surface area (Å²) in [6.45, 7) is 0.164. The van der Waals surface area contributed by atoms with Gasteiger partial charge in [-0.25, -0.2) is 9.97 Å². The summed E-state index contributed by atoms with van der Waals surface area (Å²) in [7, 11) is 0. The Morgan fingerprint density at radius 2 is 1.92 bits per heavy atom. The van der Waals surface area contributed by atoms with Crippen LogP contribution in [0, 0.1) is 0 Å². The highest BCUT2D eigenvalue weighted by molar-refractivity contribution is 6.11. The van der Waals surface area contributed by atoms with E-state index in [4.69, 9.17) is 4.74 Å². The molecule has 38 heavy (non-hydrogen) atoms. The van der Waals surface area contributed by atoms with Gasteiger partial charge in [0.05, 0.1) is 16.9 Å². The van der Waals surface area contributed by atoms with Gasteiger partial charge in [-0.2, -0.15) is 5.21 Å². The van der Waals surface area contributed by atoms with Crippen molar-refractivity contribution >= 4 is 40.1 Å². The number of rotatable bonds is 6. The van der Waals surface area contributed by atoms with Crippen molar-refractivity contribution in [1.82, 2.24) is 40.9 Å². The van der Waals surface area contributed by atoms with Crippen LogP contribution in [0.25, 0.3) is 22.4 Å². The molecule has 0 bridgehead atoms. The summed E-state index contributed by atoms with van der Waals surface area (Å²) in [5, 5.41) is 22.1. The highest BCUT2D eigenvalue weighted by Gasteiger charge is 2.19. The van der Waals surface area contributed by atoms with Gasteiger partial charge in [-0.1, -0.05) is 18.2 Å². The fourth-order valence-corrected chi connectivity index (χ4v) is 3.96. The Labute approximate surface area is 213 Å². The fourth-order valence-electron chi connectivity index (χ4n) is 3.96. The van der Waals surface area contributed by atoms with Gasteiger partial charge in [0.15, 0.2) is 12.3 Å². The van der Waals surface area contributed by atoms with Gasteiger partial charge in [0.2, 0.25) is 5.82 Å². The molecule has 0 aliphatic carbocycles. The largest absolute Gasteiger partial charge is 0.482 e. The van der Waals surface area contributed by atoms with Crippen molar-refractivity contribution in [2.75, 3.05) is 17.2 Å². The number of carbonyl (C=O) groups is 3. The smallest absolute Gasteiger partial charge is 0.272 e. The second-order valence-electron chi connectivity index (χ2n) is 8.27. The van der Waals surface area contributed by atoms with Crippen LogP contribution < -0.4 is 20.7 Å². The van der Waals surface area contributed by atoms with E-state index < -0.39 is 5.91 Å². The fraction of sp³-hybridized carbons (Fsp3) is 0.0833. The first-order valence-electron chi connectivity index (χ1n) is 11.4. The molecule has 0 radical (unpaired) electrons. The number of nitrogens with one attached hydrogen (secondary N) is 5. The van der Waals surface area contributed by atoms with Gasteiger partial charge < -0.3 is 25.7 Å². The molecule has 1 aliphatic rings. The monoisotopic (exact) mass is 510 g/mol. The third-order valence-corrected chi connectivity index (χ3v) is 5.81. The number of H-pyrrole nitrogens is 2. The zero-order valence-electron chi connectivity index (χ0n) is 19.5. The van der Waals surface area contributed by atoms with E-state index in [-0.39, 0.29) is 30.7 Å². The van der Waals surface area contributed by atoms with Crippen molar-refractivity contribution < 1.29 is 19.1 Å². The molecular formula is C24H18N10O4. The lowest BCUT2D eigenvalue weighted by atomic mass is 10.1. The average molecular weight is 510 g/mol. The van der Waals surface area contributed by atoms with Crippen LogP contribution >= 0.6 is 0 Å². The summed E-state index contributed by atoms with van der Waals surface area (Å²) in [5.74, 6) is -0.0482. The average Bonchev–Trinajstić information content (AvgIpc) is 3.62. The van der Waals surface area contributed by atoms with Gasteiger partial charge in [0.25, 0.3) is 17.7 Å². The molecule has 188 valence electrons. The molecule has 0 saturated carbocycles. The van der Waals surface area contributed by atoms with Gasteiger partial charge in [0.1, 0.15) is 17.6 Å². The number of benzene rings is 2. The van der Waals surface area contributed by atoms with E-state index in [2.05, 4.69) is 51.5 Å². The van der Waals surface area contributed by atoms with Gasteiger partial charge in [-0.05, 0) is 35.0 Å². The second-order valence-corrected chi connectivity index (χ2v) is 8.27. The standard InChI is InChI=1S/C24H18N10O4/c35-18-10-38-17-6-1-12(7-15(17)29-18)8-26-24(37)21-20-19(27-11-28-21)16(9-25-20)30-23(36)14-4-2-13(3-5-14)22-31-33-34-32-22/h1-7,9,11,25H,8,10H2,(H,26,37)(H,29,35)(H,30,36)(H,31,32,33,34). The lowest BCUT2D eigenvalue weighted by molar-refractivity contribution is -0.118. The number of carbonyl (C=O) groups excluding carboxylic acids is 3. The highest BCUT2D eigenvalue weighted by atomic mass is 16.5. The third kappa shape index (κ3) is 4.37. The number of ether oxygens (including phenoxy) is 1. The second kappa shape index (κ2) is 9.42. The minimum atomic E-state index is -0.438. The molecule has 4 heterocycles.